The summed E-state index contributed by atoms with van der Waals surface area (Å²) in [5.74, 6) is 2.65. The summed E-state index contributed by atoms with van der Waals surface area (Å²) in [5, 5.41) is 11.0. The molecule has 1 atom stereocenters. The van der Waals surface area contributed by atoms with Gasteiger partial charge in [-0.2, -0.15) is 0 Å². The molecule has 6 nitrogen and oxygen atoms in total. The van der Waals surface area contributed by atoms with Crippen molar-refractivity contribution in [2.24, 2.45) is 5.92 Å². The van der Waals surface area contributed by atoms with Gasteiger partial charge < -0.3 is 19.5 Å². The smallest absolute Gasteiger partial charge is 0.162 e. The summed E-state index contributed by atoms with van der Waals surface area (Å²) >= 11 is 0. The molecule has 0 aliphatic carbocycles. The second-order valence-electron chi connectivity index (χ2n) is 6.22. The van der Waals surface area contributed by atoms with Gasteiger partial charge in [-0.05, 0) is 31.2 Å². The highest BCUT2D eigenvalue weighted by Crippen LogP contribution is 2.36. The molecule has 1 unspecified atom stereocenters. The molecule has 6 heteroatoms. The molecular weight excluding hydrogens is 306 g/mol. The van der Waals surface area contributed by atoms with E-state index < -0.39 is 0 Å². The quantitative estimate of drug-likeness (QED) is 0.908. The third kappa shape index (κ3) is 3.11. The Morgan fingerprint density at radius 1 is 1.17 bits per heavy atom. The van der Waals surface area contributed by atoms with Crippen LogP contribution in [0, 0.1) is 5.92 Å². The number of aliphatic hydroxyl groups is 1. The van der Waals surface area contributed by atoms with E-state index in [-0.39, 0.29) is 6.10 Å². The van der Waals surface area contributed by atoms with Crippen LogP contribution in [-0.2, 0) is 0 Å². The molecule has 130 valence electrons. The normalized spacial score (nSPS) is 17.1. The molecule has 1 aromatic carbocycles. The SMILES string of the molecule is CCC(O)C1CCN(c2ncnc3cc(OC)c(OC)cc23)CC1. The highest BCUT2D eigenvalue weighted by molar-refractivity contribution is 5.92. The van der Waals surface area contributed by atoms with Gasteiger partial charge >= 0.3 is 0 Å². The van der Waals surface area contributed by atoms with Gasteiger partial charge in [0.2, 0.25) is 0 Å². The molecule has 1 aromatic heterocycles. The van der Waals surface area contributed by atoms with Gasteiger partial charge in [0.05, 0.1) is 25.8 Å². The standard InChI is InChI=1S/C18H25N3O3/c1-4-15(22)12-5-7-21(8-6-12)18-13-9-16(23-2)17(24-3)10-14(13)19-11-20-18/h9-12,15,22H,4-8H2,1-3H3. The van der Waals surface area contributed by atoms with E-state index in [1.54, 1.807) is 20.5 Å². The van der Waals surface area contributed by atoms with E-state index in [1.165, 1.54) is 0 Å². The van der Waals surface area contributed by atoms with Crippen LogP contribution in [0.3, 0.4) is 0 Å². The molecular formula is C18H25N3O3. The van der Waals surface area contributed by atoms with Crippen molar-refractivity contribution in [1.82, 2.24) is 9.97 Å². The summed E-state index contributed by atoms with van der Waals surface area (Å²) in [6.45, 7) is 3.82. The van der Waals surface area contributed by atoms with Gasteiger partial charge in [-0.15, -0.1) is 0 Å². The highest BCUT2D eigenvalue weighted by atomic mass is 16.5. The number of benzene rings is 1. The van der Waals surface area contributed by atoms with Crippen molar-refractivity contribution in [2.75, 3.05) is 32.2 Å². The number of fused-ring (bicyclic) bond motifs is 1. The summed E-state index contributed by atoms with van der Waals surface area (Å²) in [7, 11) is 3.25. The fourth-order valence-electron chi connectivity index (χ4n) is 3.45. The molecule has 24 heavy (non-hydrogen) atoms. The predicted molar refractivity (Wildman–Crippen MR) is 93.9 cm³/mol. The van der Waals surface area contributed by atoms with Gasteiger partial charge in [-0.1, -0.05) is 6.92 Å². The molecule has 0 bridgehead atoms. The van der Waals surface area contributed by atoms with Crippen molar-refractivity contribution in [1.29, 1.82) is 0 Å². The number of aromatic nitrogens is 2. The lowest BCUT2D eigenvalue weighted by Crippen LogP contribution is -2.38. The zero-order chi connectivity index (χ0) is 17.1. The Bertz CT molecular complexity index is 699. The molecule has 3 rings (SSSR count). The molecule has 1 saturated heterocycles. The van der Waals surface area contributed by atoms with E-state index in [1.807, 2.05) is 19.1 Å². The molecule has 0 amide bonds. The van der Waals surface area contributed by atoms with E-state index in [4.69, 9.17) is 9.47 Å². The maximum atomic E-state index is 10.1. The van der Waals surface area contributed by atoms with Crippen LogP contribution >= 0.6 is 0 Å². The lowest BCUT2D eigenvalue weighted by Gasteiger charge is -2.35. The summed E-state index contributed by atoms with van der Waals surface area (Å²) < 4.78 is 10.8. The number of anilines is 1. The van der Waals surface area contributed by atoms with E-state index in [9.17, 15) is 5.11 Å². The molecule has 1 N–H and O–H groups in total. The third-order valence-corrected chi connectivity index (χ3v) is 4.92. The van der Waals surface area contributed by atoms with Gasteiger partial charge in [0.1, 0.15) is 12.1 Å². The van der Waals surface area contributed by atoms with E-state index >= 15 is 0 Å². The van der Waals surface area contributed by atoms with Crippen molar-refractivity contribution >= 4 is 16.7 Å². The second-order valence-corrected chi connectivity index (χ2v) is 6.22. The minimum atomic E-state index is -0.196. The molecule has 2 heterocycles. The Kier molecular flexibility index (Phi) is 5.04. The van der Waals surface area contributed by atoms with Crippen molar-refractivity contribution in [3.8, 4) is 11.5 Å². The van der Waals surface area contributed by atoms with E-state index in [2.05, 4.69) is 14.9 Å². The van der Waals surface area contributed by atoms with Crippen molar-refractivity contribution in [2.45, 2.75) is 32.3 Å². The summed E-state index contributed by atoms with van der Waals surface area (Å²) in [6, 6.07) is 3.82. The number of hydrogen-bond acceptors (Lipinski definition) is 6. The predicted octanol–water partition coefficient (Wildman–Crippen LogP) is 2.63. The Morgan fingerprint density at radius 2 is 1.83 bits per heavy atom. The van der Waals surface area contributed by atoms with Crippen LogP contribution in [0.25, 0.3) is 10.9 Å². The fraction of sp³-hybridized carbons (Fsp3) is 0.556. The average Bonchev–Trinajstić information content (AvgIpc) is 2.65. The first-order valence-corrected chi connectivity index (χ1v) is 8.47. The topological polar surface area (TPSA) is 67.7 Å². The summed E-state index contributed by atoms with van der Waals surface area (Å²) in [5.41, 5.74) is 0.841. The van der Waals surface area contributed by atoms with Crippen LogP contribution in [-0.4, -0.2) is 48.5 Å². The van der Waals surface area contributed by atoms with Gasteiger partial charge in [-0.3, -0.25) is 0 Å². The number of methoxy groups -OCH3 is 2. The monoisotopic (exact) mass is 331 g/mol. The maximum absolute atomic E-state index is 10.1. The largest absolute Gasteiger partial charge is 0.493 e. The van der Waals surface area contributed by atoms with Crippen molar-refractivity contribution in [3.05, 3.63) is 18.5 Å². The van der Waals surface area contributed by atoms with Gasteiger partial charge in [0.15, 0.2) is 11.5 Å². The summed E-state index contributed by atoms with van der Waals surface area (Å²) in [6.07, 6.45) is 4.18. The number of rotatable bonds is 5. The molecule has 0 saturated carbocycles. The summed E-state index contributed by atoms with van der Waals surface area (Å²) in [4.78, 5) is 11.1. The lowest BCUT2D eigenvalue weighted by molar-refractivity contribution is 0.0892. The zero-order valence-electron chi connectivity index (χ0n) is 14.5. The molecule has 2 aromatic rings. The number of piperidine rings is 1. The maximum Gasteiger partial charge on any atom is 0.162 e. The Morgan fingerprint density at radius 3 is 2.46 bits per heavy atom. The van der Waals surface area contributed by atoms with Crippen LogP contribution in [0.1, 0.15) is 26.2 Å². The van der Waals surface area contributed by atoms with Crippen LogP contribution in [0.4, 0.5) is 5.82 Å². The minimum Gasteiger partial charge on any atom is -0.493 e. The van der Waals surface area contributed by atoms with E-state index in [0.29, 0.717) is 17.4 Å². The second kappa shape index (κ2) is 7.21. The fourth-order valence-corrected chi connectivity index (χ4v) is 3.45. The first-order valence-electron chi connectivity index (χ1n) is 8.47. The molecule has 1 aliphatic rings. The number of ether oxygens (including phenoxy) is 2. The molecule has 1 fully saturated rings. The van der Waals surface area contributed by atoms with Crippen molar-refractivity contribution < 1.29 is 14.6 Å². The Balaban J connectivity index is 1.90. The van der Waals surface area contributed by atoms with Crippen LogP contribution in [0.15, 0.2) is 18.5 Å². The minimum absolute atomic E-state index is 0.196. The first-order chi connectivity index (χ1) is 11.7. The number of nitrogens with zero attached hydrogens (tertiary/aromatic N) is 3. The Labute approximate surface area is 142 Å². The zero-order valence-corrected chi connectivity index (χ0v) is 14.5. The molecule has 0 spiro atoms. The number of hydrogen-bond donors (Lipinski definition) is 1. The van der Waals surface area contributed by atoms with Crippen LogP contribution < -0.4 is 14.4 Å². The van der Waals surface area contributed by atoms with Gasteiger partial charge in [-0.25, -0.2) is 9.97 Å². The third-order valence-electron chi connectivity index (χ3n) is 4.92. The van der Waals surface area contributed by atoms with E-state index in [0.717, 1.165) is 49.1 Å². The first kappa shape index (κ1) is 16.8. The van der Waals surface area contributed by atoms with Crippen LogP contribution in [0.2, 0.25) is 0 Å². The molecule has 1 aliphatic heterocycles. The number of aliphatic hydroxyl groups excluding tert-OH is 1. The van der Waals surface area contributed by atoms with Gasteiger partial charge in [0, 0.05) is 24.5 Å². The highest BCUT2D eigenvalue weighted by Gasteiger charge is 2.26. The van der Waals surface area contributed by atoms with Gasteiger partial charge in [0.25, 0.3) is 0 Å². The van der Waals surface area contributed by atoms with Crippen molar-refractivity contribution in [3.63, 3.8) is 0 Å². The lowest BCUT2D eigenvalue weighted by atomic mass is 9.90. The molecule has 0 radical (unpaired) electrons. The average molecular weight is 331 g/mol. The Hall–Kier alpha value is -2.08. The van der Waals surface area contributed by atoms with Crippen LogP contribution in [0.5, 0.6) is 11.5 Å².